The summed E-state index contributed by atoms with van der Waals surface area (Å²) in [6.07, 6.45) is 1.44. The highest BCUT2D eigenvalue weighted by Crippen LogP contribution is 2.18. The molecule has 0 spiro atoms. The van der Waals surface area contributed by atoms with Gasteiger partial charge >= 0.3 is 0 Å². The van der Waals surface area contributed by atoms with Crippen molar-refractivity contribution >= 4 is 24.2 Å². The van der Waals surface area contributed by atoms with Crippen LogP contribution in [0, 0.1) is 5.92 Å². The molecular formula is C18H26ClF2N3O3. The van der Waals surface area contributed by atoms with E-state index in [1.807, 2.05) is 30.3 Å². The molecule has 1 aromatic rings. The number of alkyl halides is 2. The first kappa shape index (κ1) is 23.1. The third kappa shape index (κ3) is 7.68. The van der Waals surface area contributed by atoms with Gasteiger partial charge in [0.2, 0.25) is 11.8 Å². The summed E-state index contributed by atoms with van der Waals surface area (Å²) in [5.41, 5.74) is 4.96. The molecule has 0 aromatic heterocycles. The van der Waals surface area contributed by atoms with Crippen molar-refractivity contribution in [2.24, 2.45) is 11.7 Å². The standard InChI is InChI=1S/C18H25F2N3O3.ClH/c19-18(20,12-21)13-22-17(25)14-5-4-9-23(11-14)16(24)8-10-26-15-6-2-1-3-7-15;/h1-3,6-7,14H,4-5,8-13,21H2,(H,22,25);1H. The normalized spacial score (nSPS) is 17.0. The number of halogens is 3. The van der Waals surface area contributed by atoms with E-state index in [1.54, 1.807) is 4.90 Å². The van der Waals surface area contributed by atoms with Gasteiger partial charge in [-0.2, -0.15) is 0 Å². The summed E-state index contributed by atoms with van der Waals surface area (Å²) in [5.74, 6) is -3.47. The van der Waals surface area contributed by atoms with Crippen LogP contribution in [0.5, 0.6) is 5.75 Å². The van der Waals surface area contributed by atoms with Crippen molar-refractivity contribution in [3.63, 3.8) is 0 Å². The van der Waals surface area contributed by atoms with Crippen molar-refractivity contribution in [1.82, 2.24) is 10.2 Å². The third-order valence-corrected chi connectivity index (χ3v) is 4.29. The van der Waals surface area contributed by atoms with Gasteiger partial charge in [-0.15, -0.1) is 12.4 Å². The van der Waals surface area contributed by atoms with Crippen LogP contribution in [0.25, 0.3) is 0 Å². The van der Waals surface area contributed by atoms with E-state index in [2.05, 4.69) is 5.32 Å². The largest absolute Gasteiger partial charge is 0.493 e. The van der Waals surface area contributed by atoms with Crippen LogP contribution in [-0.2, 0) is 9.59 Å². The molecule has 2 amide bonds. The van der Waals surface area contributed by atoms with Gasteiger partial charge in [0.05, 0.1) is 32.0 Å². The lowest BCUT2D eigenvalue weighted by Gasteiger charge is -2.32. The second-order valence-electron chi connectivity index (χ2n) is 6.37. The van der Waals surface area contributed by atoms with E-state index in [4.69, 9.17) is 10.5 Å². The number of carbonyl (C=O) groups excluding carboxylic acids is 2. The summed E-state index contributed by atoms with van der Waals surface area (Å²) in [7, 11) is 0. The Kier molecular flexibility index (Phi) is 9.45. The molecule has 1 aliphatic heterocycles. The summed E-state index contributed by atoms with van der Waals surface area (Å²) in [6, 6.07) is 9.18. The molecule has 152 valence electrons. The highest BCUT2D eigenvalue weighted by Gasteiger charge is 2.31. The minimum Gasteiger partial charge on any atom is -0.493 e. The van der Waals surface area contributed by atoms with E-state index >= 15 is 0 Å². The fourth-order valence-electron chi connectivity index (χ4n) is 2.78. The summed E-state index contributed by atoms with van der Waals surface area (Å²) in [6.45, 7) is -0.544. The Morgan fingerprint density at radius 2 is 2.00 bits per heavy atom. The minimum atomic E-state index is -3.12. The van der Waals surface area contributed by atoms with Gasteiger partial charge in [-0.05, 0) is 25.0 Å². The molecular weight excluding hydrogens is 380 g/mol. The van der Waals surface area contributed by atoms with Crippen LogP contribution in [0.2, 0.25) is 0 Å². The highest BCUT2D eigenvalue weighted by molar-refractivity contribution is 5.85. The number of para-hydroxylation sites is 1. The number of nitrogens with one attached hydrogen (secondary N) is 1. The van der Waals surface area contributed by atoms with Crippen molar-refractivity contribution < 1.29 is 23.1 Å². The van der Waals surface area contributed by atoms with Crippen molar-refractivity contribution in [2.45, 2.75) is 25.2 Å². The maximum Gasteiger partial charge on any atom is 0.277 e. The SMILES string of the molecule is Cl.NCC(F)(F)CNC(=O)C1CCCN(C(=O)CCOc2ccccc2)C1. The summed E-state index contributed by atoms with van der Waals surface area (Å²) in [4.78, 5) is 26.0. The van der Waals surface area contributed by atoms with Gasteiger partial charge in [0, 0.05) is 13.1 Å². The van der Waals surface area contributed by atoms with Gasteiger partial charge in [-0.1, -0.05) is 18.2 Å². The lowest BCUT2D eigenvalue weighted by Crippen LogP contribution is -2.48. The molecule has 1 aliphatic rings. The molecule has 0 bridgehead atoms. The minimum absolute atomic E-state index is 0. The van der Waals surface area contributed by atoms with E-state index in [-0.39, 0.29) is 37.9 Å². The Morgan fingerprint density at radius 1 is 1.30 bits per heavy atom. The lowest BCUT2D eigenvalue weighted by atomic mass is 9.96. The number of carbonyl (C=O) groups is 2. The Labute approximate surface area is 163 Å². The average molecular weight is 406 g/mol. The van der Waals surface area contributed by atoms with Gasteiger partial charge in [0.1, 0.15) is 5.75 Å². The van der Waals surface area contributed by atoms with Gasteiger partial charge < -0.3 is 20.7 Å². The van der Waals surface area contributed by atoms with Crippen LogP contribution in [0.15, 0.2) is 30.3 Å². The van der Waals surface area contributed by atoms with Crippen LogP contribution < -0.4 is 15.8 Å². The number of piperidine rings is 1. The zero-order chi connectivity index (χ0) is 19.0. The molecule has 1 atom stereocenters. The van der Waals surface area contributed by atoms with E-state index in [0.717, 1.165) is 0 Å². The molecule has 1 saturated heterocycles. The van der Waals surface area contributed by atoms with Gasteiger partial charge in [-0.25, -0.2) is 8.78 Å². The molecule has 1 fully saturated rings. The molecule has 27 heavy (non-hydrogen) atoms. The first-order chi connectivity index (χ1) is 12.4. The Morgan fingerprint density at radius 3 is 2.67 bits per heavy atom. The fourth-order valence-corrected chi connectivity index (χ4v) is 2.78. The van der Waals surface area contributed by atoms with E-state index in [0.29, 0.717) is 25.1 Å². The van der Waals surface area contributed by atoms with Crippen molar-refractivity contribution in [1.29, 1.82) is 0 Å². The van der Waals surface area contributed by atoms with Gasteiger partial charge in [-0.3, -0.25) is 9.59 Å². The van der Waals surface area contributed by atoms with Crippen LogP contribution >= 0.6 is 12.4 Å². The molecule has 3 N–H and O–H groups in total. The summed E-state index contributed by atoms with van der Waals surface area (Å²) < 4.78 is 31.8. The first-order valence-electron chi connectivity index (χ1n) is 8.72. The molecule has 1 aromatic carbocycles. The zero-order valence-electron chi connectivity index (χ0n) is 15.0. The molecule has 2 rings (SSSR count). The Hall–Kier alpha value is -1.93. The van der Waals surface area contributed by atoms with E-state index in [9.17, 15) is 18.4 Å². The number of nitrogens with two attached hydrogens (primary N) is 1. The number of nitrogens with zero attached hydrogens (tertiary/aromatic N) is 1. The molecule has 1 unspecified atom stereocenters. The van der Waals surface area contributed by atoms with E-state index in [1.165, 1.54) is 0 Å². The lowest BCUT2D eigenvalue weighted by molar-refractivity contribution is -0.136. The number of amides is 2. The smallest absolute Gasteiger partial charge is 0.277 e. The molecule has 0 radical (unpaired) electrons. The van der Waals surface area contributed by atoms with E-state index < -0.39 is 30.8 Å². The predicted molar refractivity (Wildman–Crippen MR) is 100 cm³/mol. The number of ether oxygens (including phenoxy) is 1. The van der Waals surface area contributed by atoms with Crippen molar-refractivity contribution in [3.05, 3.63) is 30.3 Å². The molecule has 6 nitrogen and oxygen atoms in total. The Balaban J connectivity index is 0.00000364. The average Bonchev–Trinajstić information content (AvgIpc) is 2.67. The number of likely N-dealkylation sites (tertiary alicyclic amines) is 1. The van der Waals surface area contributed by atoms with Crippen molar-refractivity contribution in [3.8, 4) is 5.75 Å². The van der Waals surface area contributed by atoms with Crippen LogP contribution in [0.1, 0.15) is 19.3 Å². The molecule has 0 aliphatic carbocycles. The summed E-state index contributed by atoms with van der Waals surface area (Å²) >= 11 is 0. The second kappa shape index (κ2) is 11.0. The van der Waals surface area contributed by atoms with Gasteiger partial charge in [0.15, 0.2) is 0 Å². The molecule has 1 heterocycles. The highest BCUT2D eigenvalue weighted by atomic mass is 35.5. The maximum atomic E-state index is 13.1. The van der Waals surface area contributed by atoms with Crippen molar-refractivity contribution in [2.75, 3.05) is 32.8 Å². The second-order valence-corrected chi connectivity index (χ2v) is 6.37. The number of hydrogen-bond acceptors (Lipinski definition) is 4. The quantitative estimate of drug-likeness (QED) is 0.691. The monoisotopic (exact) mass is 405 g/mol. The topological polar surface area (TPSA) is 84.7 Å². The zero-order valence-corrected chi connectivity index (χ0v) is 15.9. The predicted octanol–water partition coefficient (Wildman–Crippen LogP) is 1.83. The number of benzene rings is 1. The maximum absolute atomic E-state index is 13.1. The van der Waals surface area contributed by atoms with Gasteiger partial charge in [0.25, 0.3) is 5.92 Å². The Bertz CT molecular complexity index is 605. The fraction of sp³-hybridized carbons (Fsp3) is 0.556. The first-order valence-corrected chi connectivity index (χ1v) is 8.72. The molecule has 9 heteroatoms. The van der Waals surface area contributed by atoms with Crippen LogP contribution in [0.3, 0.4) is 0 Å². The number of rotatable bonds is 8. The molecule has 0 saturated carbocycles. The van der Waals surface area contributed by atoms with Crippen LogP contribution in [-0.4, -0.2) is 55.4 Å². The third-order valence-electron chi connectivity index (χ3n) is 4.29. The number of hydrogen-bond donors (Lipinski definition) is 2. The van der Waals surface area contributed by atoms with Crippen LogP contribution in [0.4, 0.5) is 8.78 Å². The summed E-state index contributed by atoms with van der Waals surface area (Å²) in [5, 5.41) is 2.24.